The Labute approximate surface area is 148 Å². The van der Waals surface area contributed by atoms with Crippen LogP contribution in [0.15, 0.2) is 11.6 Å². The van der Waals surface area contributed by atoms with Crippen LogP contribution in [-0.2, 0) is 4.79 Å². The predicted octanol–water partition coefficient (Wildman–Crippen LogP) is 6.18. The molecular formula is C23H36O. The first-order valence-electron chi connectivity index (χ1n) is 10.6. The molecule has 1 heteroatoms. The van der Waals surface area contributed by atoms with Gasteiger partial charge in [-0.3, -0.25) is 4.79 Å². The van der Waals surface area contributed by atoms with E-state index in [1.807, 2.05) is 0 Å². The maximum atomic E-state index is 12.0. The Bertz CT molecular complexity index is 560. The number of hydrogen-bond acceptors (Lipinski definition) is 1. The highest BCUT2D eigenvalue weighted by molar-refractivity contribution is 5.80. The second-order valence-electron chi connectivity index (χ2n) is 10.1. The lowest BCUT2D eigenvalue weighted by Gasteiger charge is -2.56. The summed E-state index contributed by atoms with van der Waals surface area (Å²) in [5, 5.41) is 0. The molecule has 0 aromatic carbocycles. The van der Waals surface area contributed by atoms with Crippen molar-refractivity contribution in [2.45, 2.75) is 85.5 Å². The van der Waals surface area contributed by atoms with Crippen molar-refractivity contribution in [2.24, 2.45) is 40.4 Å². The van der Waals surface area contributed by atoms with E-state index < -0.39 is 0 Å². The zero-order chi connectivity index (χ0) is 17.1. The summed E-state index contributed by atoms with van der Waals surface area (Å²) in [7, 11) is 0. The van der Waals surface area contributed by atoms with Gasteiger partial charge in [-0.1, -0.05) is 45.8 Å². The van der Waals surface area contributed by atoms with Crippen molar-refractivity contribution < 1.29 is 4.79 Å². The Kier molecular flexibility index (Phi) is 4.01. The second-order valence-corrected chi connectivity index (χ2v) is 10.1. The molecule has 24 heavy (non-hydrogen) atoms. The maximum Gasteiger partial charge on any atom is 0.133 e. The van der Waals surface area contributed by atoms with Crippen LogP contribution in [0.2, 0.25) is 0 Å². The van der Waals surface area contributed by atoms with Gasteiger partial charge in [0.2, 0.25) is 0 Å². The molecule has 7 atom stereocenters. The highest BCUT2D eigenvalue weighted by atomic mass is 16.1. The number of hydrogen-bond donors (Lipinski definition) is 0. The van der Waals surface area contributed by atoms with Gasteiger partial charge in [0.15, 0.2) is 0 Å². The minimum absolute atomic E-state index is 0.340. The topological polar surface area (TPSA) is 17.1 Å². The minimum atomic E-state index is 0.340. The summed E-state index contributed by atoms with van der Waals surface area (Å²) in [5.74, 6) is 4.68. The van der Waals surface area contributed by atoms with Crippen molar-refractivity contribution in [2.75, 3.05) is 0 Å². The fourth-order valence-electron chi connectivity index (χ4n) is 7.57. The monoisotopic (exact) mass is 328 g/mol. The van der Waals surface area contributed by atoms with Crippen LogP contribution in [0.4, 0.5) is 0 Å². The smallest absolute Gasteiger partial charge is 0.133 e. The average Bonchev–Trinajstić information content (AvgIpc) is 2.92. The van der Waals surface area contributed by atoms with E-state index >= 15 is 0 Å². The van der Waals surface area contributed by atoms with Crippen molar-refractivity contribution >= 4 is 5.78 Å². The van der Waals surface area contributed by atoms with Crippen LogP contribution in [0, 0.1) is 40.4 Å². The molecule has 134 valence electrons. The summed E-state index contributed by atoms with van der Waals surface area (Å²) in [6.07, 6.45) is 13.7. The minimum Gasteiger partial charge on any atom is -0.300 e. The molecule has 3 saturated carbocycles. The van der Waals surface area contributed by atoms with Crippen LogP contribution in [0.1, 0.15) is 85.5 Å². The summed E-state index contributed by atoms with van der Waals surface area (Å²) in [6.45, 7) is 9.98. The normalized spacial score (nSPS) is 49.0. The fourth-order valence-corrected chi connectivity index (χ4v) is 7.57. The van der Waals surface area contributed by atoms with Crippen LogP contribution in [0.25, 0.3) is 0 Å². The molecule has 0 heterocycles. The van der Waals surface area contributed by atoms with Gasteiger partial charge in [-0.2, -0.15) is 0 Å². The maximum absolute atomic E-state index is 12.0. The largest absolute Gasteiger partial charge is 0.300 e. The molecule has 0 aromatic heterocycles. The number of carbonyl (C=O) groups is 1. The molecule has 0 N–H and O–H groups in total. The number of ketones is 1. The summed E-state index contributed by atoms with van der Waals surface area (Å²) in [6, 6.07) is 0. The summed E-state index contributed by atoms with van der Waals surface area (Å²) in [4.78, 5) is 12.0. The van der Waals surface area contributed by atoms with E-state index in [-0.39, 0.29) is 0 Å². The van der Waals surface area contributed by atoms with Crippen LogP contribution >= 0.6 is 0 Å². The lowest BCUT2D eigenvalue weighted by molar-refractivity contribution is -0.125. The molecule has 0 radical (unpaired) electrons. The van der Waals surface area contributed by atoms with E-state index in [2.05, 4.69) is 33.8 Å². The molecule has 3 fully saturated rings. The van der Waals surface area contributed by atoms with E-state index in [1.165, 1.54) is 38.5 Å². The van der Waals surface area contributed by atoms with E-state index in [1.54, 1.807) is 5.57 Å². The second kappa shape index (κ2) is 5.71. The highest BCUT2D eigenvalue weighted by Gasteiger charge is 2.57. The number of rotatable bonds is 2. The van der Waals surface area contributed by atoms with Gasteiger partial charge in [-0.15, -0.1) is 0 Å². The Morgan fingerprint density at radius 1 is 1.21 bits per heavy atom. The summed E-state index contributed by atoms with van der Waals surface area (Å²) >= 11 is 0. The van der Waals surface area contributed by atoms with Gasteiger partial charge in [-0.05, 0) is 78.9 Å². The molecular weight excluding hydrogens is 292 g/mol. The molecule has 0 saturated heterocycles. The lowest BCUT2D eigenvalue weighted by Crippen LogP contribution is -2.48. The molecule has 0 spiro atoms. The fraction of sp³-hybridized carbons (Fsp3) is 0.870. The van der Waals surface area contributed by atoms with Gasteiger partial charge < -0.3 is 0 Å². The Morgan fingerprint density at radius 2 is 2.00 bits per heavy atom. The van der Waals surface area contributed by atoms with Crippen molar-refractivity contribution in [3.05, 3.63) is 11.6 Å². The van der Waals surface area contributed by atoms with Crippen molar-refractivity contribution in [1.82, 2.24) is 0 Å². The van der Waals surface area contributed by atoms with Crippen LogP contribution in [-0.4, -0.2) is 5.78 Å². The average molecular weight is 329 g/mol. The molecule has 4 rings (SSSR count). The van der Waals surface area contributed by atoms with Gasteiger partial charge in [0.05, 0.1) is 0 Å². The van der Waals surface area contributed by atoms with E-state index in [0.717, 1.165) is 42.9 Å². The SMILES string of the molecule is CC[C@@H](C)[C@H]1CCC2C3CC[C@@H]4CC(=O)CC[C@]4(C)C3=CC[C@@]21C. The molecule has 0 aromatic rings. The van der Waals surface area contributed by atoms with Gasteiger partial charge in [0.25, 0.3) is 0 Å². The van der Waals surface area contributed by atoms with Crippen molar-refractivity contribution in [1.29, 1.82) is 0 Å². The molecule has 2 unspecified atom stereocenters. The standard InChI is InChI=1S/C23H36O/c1-5-15(2)19-8-9-20-18-7-6-16-14-17(24)10-12-22(16,3)21(18)11-13-23(19,20)4/h11,15-16,18-20H,5-10,12-14H2,1-4H3/t15-,16-,18?,19-,20?,22+,23-/m1/s1. The number of fused-ring (bicyclic) bond motifs is 5. The highest BCUT2D eigenvalue weighted by Crippen LogP contribution is 2.66. The van der Waals surface area contributed by atoms with Gasteiger partial charge in [0, 0.05) is 12.8 Å². The van der Waals surface area contributed by atoms with Crippen LogP contribution in [0.5, 0.6) is 0 Å². The van der Waals surface area contributed by atoms with Crippen LogP contribution < -0.4 is 0 Å². The summed E-state index contributed by atoms with van der Waals surface area (Å²) in [5.41, 5.74) is 2.67. The van der Waals surface area contributed by atoms with Gasteiger partial charge in [0.1, 0.15) is 5.78 Å². The quantitative estimate of drug-likeness (QED) is 0.553. The van der Waals surface area contributed by atoms with Crippen LogP contribution in [0.3, 0.4) is 0 Å². The molecule has 4 aliphatic carbocycles. The zero-order valence-corrected chi connectivity index (χ0v) is 16.2. The number of Topliss-reactive ketones (excluding diaryl/α,β-unsaturated/α-hetero) is 1. The molecule has 0 aliphatic heterocycles. The first-order chi connectivity index (χ1) is 11.4. The first kappa shape index (κ1) is 16.9. The number of allylic oxidation sites excluding steroid dienone is 2. The molecule has 0 bridgehead atoms. The van der Waals surface area contributed by atoms with Crippen molar-refractivity contribution in [3.8, 4) is 0 Å². The molecule has 0 amide bonds. The van der Waals surface area contributed by atoms with Crippen molar-refractivity contribution in [3.63, 3.8) is 0 Å². The third-order valence-corrected chi connectivity index (χ3v) is 9.24. The molecule has 4 aliphatic rings. The van der Waals surface area contributed by atoms with Gasteiger partial charge in [-0.25, -0.2) is 0 Å². The zero-order valence-electron chi connectivity index (χ0n) is 16.2. The van der Waals surface area contributed by atoms with E-state index in [0.29, 0.717) is 22.5 Å². The third kappa shape index (κ3) is 2.22. The Hall–Kier alpha value is -0.590. The third-order valence-electron chi connectivity index (χ3n) is 9.24. The number of carbonyl (C=O) groups excluding carboxylic acids is 1. The van der Waals surface area contributed by atoms with E-state index in [9.17, 15) is 4.79 Å². The Balaban J connectivity index is 1.66. The molecule has 1 nitrogen and oxygen atoms in total. The van der Waals surface area contributed by atoms with E-state index in [4.69, 9.17) is 0 Å². The van der Waals surface area contributed by atoms with Gasteiger partial charge >= 0.3 is 0 Å². The lowest BCUT2D eigenvalue weighted by atomic mass is 9.48. The Morgan fingerprint density at radius 3 is 2.75 bits per heavy atom. The predicted molar refractivity (Wildman–Crippen MR) is 99.7 cm³/mol. The summed E-state index contributed by atoms with van der Waals surface area (Å²) < 4.78 is 0. The first-order valence-corrected chi connectivity index (χ1v) is 10.6.